The summed E-state index contributed by atoms with van der Waals surface area (Å²) >= 11 is 0. The fourth-order valence-electron chi connectivity index (χ4n) is 4.38. The van der Waals surface area contributed by atoms with Crippen LogP contribution in [0.5, 0.6) is 0 Å². The summed E-state index contributed by atoms with van der Waals surface area (Å²) in [6.45, 7) is 4.05. The predicted octanol–water partition coefficient (Wildman–Crippen LogP) is 2.22. The number of carbonyl (C=O) groups excluding carboxylic acids is 2. The molecule has 0 aliphatic carbocycles. The van der Waals surface area contributed by atoms with Crippen molar-refractivity contribution in [2.24, 2.45) is 0 Å². The Morgan fingerprint density at radius 1 is 0.857 bits per heavy atom. The second-order valence-corrected chi connectivity index (χ2v) is 8.86. The first kappa shape index (κ1) is 23.9. The van der Waals surface area contributed by atoms with Crippen molar-refractivity contribution in [2.75, 3.05) is 17.2 Å². The lowest BCUT2D eigenvalue weighted by Gasteiger charge is -2.44. The van der Waals surface area contributed by atoms with E-state index >= 15 is 0 Å². The average molecular weight is 485 g/mol. The maximum Gasteiger partial charge on any atom is 0.233 e. The molecule has 0 radical (unpaired) electrons. The van der Waals surface area contributed by atoms with Gasteiger partial charge in [-0.2, -0.15) is 0 Å². The van der Waals surface area contributed by atoms with Gasteiger partial charge in [-0.05, 0) is 38.1 Å². The summed E-state index contributed by atoms with van der Waals surface area (Å²) in [5.41, 5.74) is 2.95. The van der Waals surface area contributed by atoms with E-state index in [9.17, 15) is 14.7 Å². The Balaban J connectivity index is 1.16. The molecule has 0 aromatic heterocycles. The van der Waals surface area contributed by atoms with Crippen LogP contribution >= 0.6 is 0 Å². The largest absolute Gasteiger partial charge is 0.366 e. The number of nitrogens with one attached hydrogen (secondary N) is 2. The lowest BCUT2D eigenvalue weighted by atomic mass is 9.98. The van der Waals surface area contributed by atoms with Gasteiger partial charge >= 0.3 is 0 Å². The van der Waals surface area contributed by atoms with Crippen LogP contribution in [-0.2, 0) is 33.3 Å². The van der Waals surface area contributed by atoms with Gasteiger partial charge in [0.05, 0.1) is 6.61 Å². The summed E-state index contributed by atoms with van der Waals surface area (Å²) in [6, 6.07) is 14.2. The van der Waals surface area contributed by atoms with Crippen molar-refractivity contribution in [1.29, 1.82) is 0 Å². The Morgan fingerprint density at radius 3 is 2.11 bits per heavy atom. The maximum atomic E-state index is 12.3. The number of benzene rings is 2. The minimum absolute atomic E-state index is 0.303. The number of aryl methyl sites for hydroxylation is 1. The lowest BCUT2D eigenvalue weighted by molar-refractivity contribution is -0.333. The number of hydrogen-bond donors (Lipinski definition) is 3. The van der Waals surface area contributed by atoms with Gasteiger partial charge in [0.25, 0.3) is 0 Å². The number of anilines is 2. The van der Waals surface area contributed by atoms with Gasteiger partial charge < -0.3 is 39.4 Å². The fraction of sp³-hybridized carbons (Fsp3) is 0.440. The van der Waals surface area contributed by atoms with Gasteiger partial charge in [-0.25, -0.2) is 0 Å². The molecule has 10 nitrogen and oxygen atoms in total. The van der Waals surface area contributed by atoms with Gasteiger partial charge in [0.1, 0.15) is 30.8 Å². The van der Waals surface area contributed by atoms with Gasteiger partial charge in [-0.3, -0.25) is 9.59 Å². The van der Waals surface area contributed by atoms with Crippen LogP contribution < -0.4 is 10.6 Å². The molecule has 2 amide bonds. The smallest absolute Gasteiger partial charge is 0.233 e. The summed E-state index contributed by atoms with van der Waals surface area (Å²) in [5.74, 6) is -0.832. The van der Waals surface area contributed by atoms with E-state index in [2.05, 4.69) is 10.6 Å². The van der Waals surface area contributed by atoms with E-state index in [1.165, 1.54) is 0 Å². The minimum Gasteiger partial charge on any atom is -0.366 e. The molecule has 5 rings (SSSR count). The molecule has 2 aromatic rings. The standard InChI is InChI=1S/C25H28N2O8/c1-13-3-7-16(8-4-13)26-19(28)11-20(29)27-17-9-5-15(6-10-17)25-34-22-21-18(12-31-14(2)32-21)33-24(30)23(22)35-25/h3-10,14,18,21-25,30H,11-12H2,1-2H3,(H,26,28)(H,27,29). The van der Waals surface area contributed by atoms with Crippen LogP contribution in [0.2, 0.25) is 0 Å². The topological polar surface area (TPSA) is 125 Å². The van der Waals surface area contributed by atoms with E-state index in [-0.39, 0.29) is 6.42 Å². The monoisotopic (exact) mass is 484 g/mol. The van der Waals surface area contributed by atoms with Crippen molar-refractivity contribution >= 4 is 23.2 Å². The molecule has 3 aliphatic heterocycles. The molecule has 0 bridgehead atoms. The van der Waals surface area contributed by atoms with Crippen LogP contribution in [0.15, 0.2) is 48.5 Å². The van der Waals surface area contributed by atoms with Crippen LogP contribution in [0.25, 0.3) is 0 Å². The SMILES string of the molecule is Cc1ccc(NC(=O)CC(=O)Nc2ccc(C3OC4C(O)OC5COC(C)OC5C4O3)cc2)cc1. The molecule has 3 N–H and O–H groups in total. The Hall–Kier alpha value is -2.86. The van der Waals surface area contributed by atoms with Gasteiger partial charge in [-0.1, -0.05) is 29.8 Å². The van der Waals surface area contributed by atoms with Crippen molar-refractivity contribution in [3.8, 4) is 0 Å². The third-order valence-electron chi connectivity index (χ3n) is 6.14. The number of carbonyl (C=O) groups is 2. The van der Waals surface area contributed by atoms with Crippen LogP contribution in [0, 0.1) is 6.92 Å². The lowest BCUT2D eigenvalue weighted by Crippen LogP contribution is -2.61. The Kier molecular flexibility index (Phi) is 6.83. The molecular weight excluding hydrogens is 456 g/mol. The minimum atomic E-state index is -1.16. The van der Waals surface area contributed by atoms with Gasteiger partial charge in [0.2, 0.25) is 11.8 Å². The molecule has 0 saturated carbocycles. The van der Waals surface area contributed by atoms with E-state index < -0.39 is 55.1 Å². The Labute approximate surface area is 202 Å². The molecule has 3 heterocycles. The zero-order chi connectivity index (χ0) is 24.5. The first-order valence-electron chi connectivity index (χ1n) is 11.5. The molecule has 3 aliphatic rings. The first-order chi connectivity index (χ1) is 16.9. The molecule has 10 heteroatoms. The van der Waals surface area contributed by atoms with E-state index in [1.54, 1.807) is 43.3 Å². The number of ether oxygens (including phenoxy) is 5. The highest BCUT2D eigenvalue weighted by molar-refractivity contribution is 6.08. The molecule has 3 fully saturated rings. The number of hydrogen-bond acceptors (Lipinski definition) is 8. The summed E-state index contributed by atoms with van der Waals surface area (Å²) in [5, 5.41) is 15.8. The van der Waals surface area contributed by atoms with Crippen LogP contribution in [0.3, 0.4) is 0 Å². The second kappa shape index (κ2) is 10.0. The third-order valence-corrected chi connectivity index (χ3v) is 6.14. The highest BCUT2D eigenvalue weighted by Gasteiger charge is 2.55. The molecule has 3 saturated heterocycles. The van der Waals surface area contributed by atoms with Gasteiger partial charge in [0, 0.05) is 16.9 Å². The molecule has 7 atom stereocenters. The highest BCUT2D eigenvalue weighted by atomic mass is 16.8. The van der Waals surface area contributed by atoms with Crippen LogP contribution in [0.1, 0.15) is 30.8 Å². The Bertz CT molecular complexity index is 1060. The van der Waals surface area contributed by atoms with Crippen LogP contribution in [-0.4, -0.2) is 60.5 Å². The average Bonchev–Trinajstić information content (AvgIpc) is 3.28. The van der Waals surface area contributed by atoms with Gasteiger partial charge in [-0.15, -0.1) is 0 Å². The Morgan fingerprint density at radius 2 is 1.46 bits per heavy atom. The summed E-state index contributed by atoms with van der Waals surface area (Å²) < 4.78 is 28.9. The molecule has 7 unspecified atom stereocenters. The highest BCUT2D eigenvalue weighted by Crippen LogP contribution is 2.41. The van der Waals surface area contributed by atoms with E-state index in [0.29, 0.717) is 23.5 Å². The van der Waals surface area contributed by atoms with E-state index in [4.69, 9.17) is 23.7 Å². The third kappa shape index (κ3) is 5.37. The number of fused-ring (bicyclic) bond motifs is 3. The fourth-order valence-corrected chi connectivity index (χ4v) is 4.38. The summed E-state index contributed by atoms with van der Waals surface area (Å²) in [7, 11) is 0. The zero-order valence-corrected chi connectivity index (χ0v) is 19.4. The molecule has 35 heavy (non-hydrogen) atoms. The summed E-state index contributed by atoms with van der Waals surface area (Å²) in [4.78, 5) is 24.4. The van der Waals surface area contributed by atoms with Crippen molar-refractivity contribution in [1.82, 2.24) is 0 Å². The number of aliphatic hydroxyl groups is 1. The number of amides is 2. The van der Waals surface area contributed by atoms with Crippen molar-refractivity contribution in [3.05, 3.63) is 59.7 Å². The summed E-state index contributed by atoms with van der Waals surface area (Å²) in [6.07, 6.45) is -4.65. The van der Waals surface area contributed by atoms with Crippen molar-refractivity contribution in [3.63, 3.8) is 0 Å². The molecule has 0 spiro atoms. The van der Waals surface area contributed by atoms with Crippen molar-refractivity contribution in [2.45, 2.75) is 63.6 Å². The zero-order valence-electron chi connectivity index (χ0n) is 19.4. The number of rotatable bonds is 5. The quantitative estimate of drug-likeness (QED) is 0.552. The van der Waals surface area contributed by atoms with Crippen molar-refractivity contribution < 1.29 is 38.4 Å². The second-order valence-electron chi connectivity index (χ2n) is 8.86. The van der Waals surface area contributed by atoms with Gasteiger partial charge in [0.15, 0.2) is 18.9 Å². The first-order valence-corrected chi connectivity index (χ1v) is 11.5. The number of aliphatic hydroxyl groups excluding tert-OH is 1. The predicted molar refractivity (Wildman–Crippen MR) is 123 cm³/mol. The molecular formula is C25H28N2O8. The van der Waals surface area contributed by atoms with E-state index in [1.807, 2.05) is 19.1 Å². The maximum absolute atomic E-state index is 12.3. The molecule has 186 valence electrons. The molecule has 2 aromatic carbocycles. The normalized spacial score (nSPS) is 31.8. The van der Waals surface area contributed by atoms with E-state index in [0.717, 1.165) is 5.56 Å². The van der Waals surface area contributed by atoms with Crippen LogP contribution in [0.4, 0.5) is 11.4 Å².